The number of nitrogens with one attached hydrogen (secondary N) is 1. The van der Waals surface area contributed by atoms with Crippen LogP contribution < -0.4 is 5.32 Å². The second-order valence-corrected chi connectivity index (χ2v) is 7.82. The fraction of sp³-hybridized carbons (Fsp3) is 0.571. The maximum atomic E-state index is 12.6. The maximum Gasteiger partial charge on any atom is 0.501 e. The van der Waals surface area contributed by atoms with Crippen molar-refractivity contribution < 1.29 is 31.6 Å². The zero-order valence-corrected chi connectivity index (χ0v) is 13.8. The quantitative estimate of drug-likeness (QED) is 0.578. The topological polar surface area (TPSA) is 110 Å². The van der Waals surface area contributed by atoms with Crippen LogP contribution in [0.4, 0.5) is 24.5 Å². The average Bonchev–Trinajstić information content (AvgIpc) is 3.05. The van der Waals surface area contributed by atoms with Crippen LogP contribution in [-0.2, 0) is 9.84 Å². The van der Waals surface area contributed by atoms with Crippen LogP contribution in [0.2, 0.25) is 0 Å². The van der Waals surface area contributed by atoms with Crippen molar-refractivity contribution in [1.82, 2.24) is 0 Å². The Balaban J connectivity index is 2.23. The summed E-state index contributed by atoms with van der Waals surface area (Å²) in [6.45, 7) is -0.0170. The van der Waals surface area contributed by atoms with Crippen LogP contribution in [0.3, 0.4) is 0 Å². The third kappa shape index (κ3) is 4.21. The molecule has 2 N–H and O–H groups in total. The van der Waals surface area contributed by atoms with Gasteiger partial charge in [0.05, 0.1) is 15.9 Å². The molecule has 2 rings (SSSR count). The third-order valence-corrected chi connectivity index (χ3v) is 5.71. The van der Waals surface area contributed by atoms with E-state index in [-0.39, 0.29) is 18.2 Å². The van der Waals surface area contributed by atoms with Gasteiger partial charge in [0.2, 0.25) is 0 Å². The molecule has 0 amide bonds. The number of halogens is 3. The monoisotopic (exact) mass is 382 g/mol. The first kappa shape index (κ1) is 19.4. The third-order valence-electron chi connectivity index (χ3n) is 4.23. The Hall–Kier alpha value is -1.88. The van der Waals surface area contributed by atoms with Crippen molar-refractivity contribution in [2.75, 3.05) is 11.9 Å². The Morgan fingerprint density at radius 1 is 1.32 bits per heavy atom. The van der Waals surface area contributed by atoms with E-state index in [4.69, 9.17) is 0 Å². The van der Waals surface area contributed by atoms with Gasteiger partial charge in [0.1, 0.15) is 5.69 Å². The van der Waals surface area contributed by atoms with Gasteiger partial charge in [-0.1, -0.05) is 12.8 Å². The zero-order valence-electron chi connectivity index (χ0n) is 13.0. The fourth-order valence-electron chi connectivity index (χ4n) is 2.84. The Bertz CT molecular complexity index is 745. The van der Waals surface area contributed by atoms with Gasteiger partial charge in [-0.2, -0.15) is 13.2 Å². The van der Waals surface area contributed by atoms with Gasteiger partial charge in [-0.05, 0) is 30.9 Å². The molecule has 0 spiro atoms. The first-order chi connectivity index (χ1) is 11.5. The molecule has 0 bridgehead atoms. The van der Waals surface area contributed by atoms with E-state index in [1.54, 1.807) is 0 Å². The van der Waals surface area contributed by atoms with E-state index < -0.39 is 37.0 Å². The highest BCUT2D eigenvalue weighted by Crippen LogP contribution is 2.35. The molecule has 1 atom stereocenters. The van der Waals surface area contributed by atoms with Gasteiger partial charge in [0.25, 0.3) is 15.5 Å². The number of aliphatic hydroxyl groups is 1. The molecule has 1 aliphatic rings. The van der Waals surface area contributed by atoms with Gasteiger partial charge >= 0.3 is 5.51 Å². The molecule has 140 valence electrons. The largest absolute Gasteiger partial charge is 0.501 e. The molecule has 1 aromatic rings. The molecule has 1 aliphatic carbocycles. The summed E-state index contributed by atoms with van der Waals surface area (Å²) in [5, 5.41) is 23.8. The number of nitro benzene ring substituents is 1. The molecule has 1 fully saturated rings. The van der Waals surface area contributed by atoms with Crippen LogP contribution in [0.25, 0.3) is 0 Å². The number of hydrogen-bond acceptors (Lipinski definition) is 6. The number of hydrogen-bond donors (Lipinski definition) is 2. The molecule has 1 aromatic carbocycles. The highest BCUT2D eigenvalue weighted by atomic mass is 32.2. The van der Waals surface area contributed by atoms with Crippen LogP contribution in [-0.4, -0.2) is 36.6 Å². The van der Waals surface area contributed by atoms with E-state index in [9.17, 15) is 36.8 Å². The minimum Gasteiger partial charge on any atom is -0.391 e. The van der Waals surface area contributed by atoms with E-state index in [0.717, 1.165) is 31.7 Å². The van der Waals surface area contributed by atoms with Crippen molar-refractivity contribution in [3.63, 3.8) is 0 Å². The number of aliphatic hydroxyl groups excluding tert-OH is 1. The predicted octanol–water partition coefficient (Wildman–Crippen LogP) is 2.85. The summed E-state index contributed by atoms with van der Waals surface area (Å²) >= 11 is 0. The number of sulfone groups is 1. The fourth-order valence-corrected chi connectivity index (χ4v) is 3.62. The van der Waals surface area contributed by atoms with E-state index in [1.165, 1.54) is 0 Å². The summed E-state index contributed by atoms with van der Waals surface area (Å²) in [6, 6.07) is 1.92. The van der Waals surface area contributed by atoms with E-state index in [1.807, 2.05) is 0 Å². The second-order valence-electron chi connectivity index (χ2n) is 5.88. The number of benzene rings is 1. The molecule has 0 aromatic heterocycles. The normalized spacial score (nSPS) is 17.4. The van der Waals surface area contributed by atoms with E-state index in [2.05, 4.69) is 5.32 Å². The van der Waals surface area contributed by atoms with Crippen LogP contribution in [0.15, 0.2) is 23.1 Å². The molecule has 25 heavy (non-hydrogen) atoms. The molecular weight excluding hydrogens is 365 g/mol. The van der Waals surface area contributed by atoms with Crippen molar-refractivity contribution in [2.45, 2.75) is 42.2 Å². The lowest BCUT2D eigenvalue weighted by Crippen LogP contribution is -2.27. The average molecular weight is 382 g/mol. The van der Waals surface area contributed by atoms with Gasteiger partial charge in [-0.25, -0.2) is 8.42 Å². The van der Waals surface area contributed by atoms with Crippen molar-refractivity contribution in [3.05, 3.63) is 28.3 Å². The summed E-state index contributed by atoms with van der Waals surface area (Å²) in [6.07, 6.45) is 2.92. The first-order valence-corrected chi connectivity index (χ1v) is 9.04. The number of rotatable bonds is 6. The standard InChI is InChI=1S/C14H17F3N2O5S/c15-14(16,17)25(23,24)10-5-6-11(12(7-10)19(21)22)18-8-13(20)9-3-1-2-4-9/h5-7,9,13,18,20H,1-4,8H2. The lowest BCUT2D eigenvalue weighted by atomic mass is 10.0. The SMILES string of the molecule is O=[N+]([O-])c1cc(S(=O)(=O)C(F)(F)F)ccc1NCC(O)C1CCCC1. The summed E-state index contributed by atoms with van der Waals surface area (Å²) in [4.78, 5) is 8.91. The predicted molar refractivity (Wildman–Crippen MR) is 82.8 cm³/mol. The smallest absolute Gasteiger partial charge is 0.391 e. The minimum atomic E-state index is -5.68. The molecule has 0 aliphatic heterocycles. The second kappa shape index (κ2) is 7.16. The van der Waals surface area contributed by atoms with Gasteiger partial charge in [-0.3, -0.25) is 10.1 Å². The zero-order chi connectivity index (χ0) is 18.8. The molecular formula is C14H17F3N2O5S. The van der Waals surface area contributed by atoms with E-state index in [0.29, 0.717) is 12.1 Å². The van der Waals surface area contributed by atoms with Crippen molar-refractivity contribution >= 4 is 21.2 Å². The van der Waals surface area contributed by atoms with Gasteiger partial charge < -0.3 is 10.4 Å². The van der Waals surface area contributed by atoms with Crippen molar-refractivity contribution in [2.24, 2.45) is 5.92 Å². The number of nitro groups is 1. The lowest BCUT2D eigenvalue weighted by molar-refractivity contribution is -0.384. The maximum absolute atomic E-state index is 12.6. The van der Waals surface area contributed by atoms with Gasteiger partial charge in [-0.15, -0.1) is 0 Å². The van der Waals surface area contributed by atoms with Crippen LogP contribution in [0, 0.1) is 16.0 Å². The Kier molecular flexibility index (Phi) is 5.57. The first-order valence-electron chi connectivity index (χ1n) is 7.56. The summed E-state index contributed by atoms with van der Waals surface area (Å²) in [5.41, 5.74) is -6.50. The highest BCUT2D eigenvalue weighted by molar-refractivity contribution is 7.92. The highest BCUT2D eigenvalue weighted by Gasteiger charge is 2.47. The molecule has 0 radical (unpaired) electrons. The molecule has 1 unspecified atom stereocenters. The van der Waals surface area contributed by atoms with Crippen LogP contribution in [0.5, 0.6) is 0 Å². The molecule has 0 heterocycles. The summed E-state index contributed by atoms with van der Waals surface area (Å²) in [5.74, 6) is 0.0661. The summed E-state index contributed by atoms with van der Waals surface area (Å²) in [7, 11) is -5.68. The van der Waals surface area contributed by atoms with Crippen molar-refractivity contribution in [3.8, 4) is 0 Å². The Morgan fingerprint density at radius 2 is 1.92 bits per heavy atom. The summed E-state index contributed by atoms with van der Waals surface area (Å²) < 4.78 is 60.5. The molecule has 7 nitrogen and oxygen atoms in total. The van der Waals surface area contributed by atoms with Crippen LogP contribution in [0.1, 0.15) is 25.7 Å². The molecule has 0 saturated heterocycles. The molecule has 11 heteroatoms. The van der Waals surface area contributed by atoms with E-state index >= 15 is 0 Å². The lowest BCUT2D eigenvalue weighted by Gasteiger charge is -2.19. The van der Waals surface area contributed by atoms with Gasteiger partial charge in [0.15, 0.2) is 0 Å². The number of alkyl halides is 3. The Morgan fingerprint density at radius 3 is 2.44 bits per heavy atom. The number of anilines is 1. The molecule has 1 saturated carbocycles. The number of nitrogens with zero attached hydrogens (tertiary/aromatic N) is 1. The minimum absolute atomic E-state index is 0.0170. The van der Waals surface area contributed by atoms with Crippen LogP contribution >= 0.6 is 0 Å². The van der Waals surface area contributed by atoms with Gasteiger partial charge in [0, 0.05) is 12.6 Å². The van der Waals surface area contributed by atoms with Crippen molar-refractivity contribution in [1.29, 1.82) is 0 Å². The Labute approximate surface area is 141 Å².